The number of hydrogen-bond donors (Lipinski definition) is 1. The Hall–Kier alpha value is -3.67. The molecule has 0 aliphatic carbocycles. The number of ether oxygens (including phenoxy) is 1. The smallest absolute Gasteiger partial charge is 0.338 e. The monoisotopic (exact) mass is 349 g/mol. The van der Waals surface area contributed by atoms with Gasteiger partial charge in [-0.15, -0.1) is 0 Å². The van der Waals surface area contributed by atoms with E-state index >= 15 is 0 Å². The third-order valence-corrected chi connectivity index (χ3v) is 3.87. The van der Waals surface area contributed by atoms with Crippen molar-refractivity contribution in [1.82, 2.24) is 0 Å². The van der Waals surface area contributed by atoms with Crippen molar-refractivity contribution in [2.24, 2.45) is 0 Å². The Kier molecular flexibility index (Phi) is 4.94. The van der Waals surface area contributed by atoms with Crippen molar-refractivity contribution >= 4 is 11.7 Å². The average molecular weight is 349 g/mol. The normalized spacial score (nSPS) is 10.3. The van der Waals surface area contributed by atoms with Crippen molar-refractivity contribution in [2.75, 3.05) is 0 Å². The SMILES string of the molecule is O=C(OCc1ccccc1[N+](=O)[O-])c1ccc(-c2ccc(O)cc2)cc1. The summed E-state index contributed by atoms with van der Waals surface area (Å²) in [6, 6.07) is 19.7. The van der Waals surface area contributed by atoms with Crippen LogP contribution in [0.3, 0.4) is 0 Å². The molecule has 3 aromatic carbocycles. The van der Waals surface area contributed by atoms with Crippen LogP contribution in [0.15, 0.2) is 72.8 Å². The highest BCUT2D eigenvalue weighted by atomic mass is 16.6. The molecule has 130 valence electrons. The molecule has 0 bridgehead atoms. The molecular formula is C20H15NO5. The maximum absolute atomic E-state index is 12.2. The van der Waals surface area contributed by atoms with Crippen molar-refractivity contribution in [3.63, 3.8) is 0 Å². The van der Waals surface area contributed by atoms with E-state index in [-0.39, 0.29) is 18.0 Å². The van der Waals surface area contributed by atoms with Crippen LogP contribution < -0.4 is 0 Å². The molecule has 0 heterocycles. The zero-order valence-electron chi connectivity index (χ0n) is 13.7. The molecule has 0 radical (unpaired) electrons. The Labute approximate surface area is 149 Å². The van der Waals surface area contributed by atoms with Crippen LogP contribution in [-0.4, -0.2) is 16.0 Å². The predicted octanol–water partition coefficient (Wildman–Crippen LogP) is 4.32. The number of carbonyl (C=O) groups excluding carboxylic acids is 1. The lowest BCUT2D eigenvalue weighted by atomic mass is 10.0. The van der Waals surface area contributed by atoms with Crippen LogP contribution in [-0.2, 0) is 11.3 Å². The molecule has 0 saturated heterocycles. The van der Waals surface area contributed by atoms with Crippen LogP contribution in [0, 0.1) is 10.1 Å². The van der Waals surface area contributed by atoms with Crippen molar-refractivity contribution in [3.05, 3.63) is 94.0 Å². The first-order chi connectivity index (χ1) is 12.5. The summed E-state index contributed by atoms with van der Waals surface area (Å²) < 4.78 is 5.19. The third kappa shape index (κ3) is 3.87. The highest BCUT2D eigenvalue weighted by molar-refractivity contribution is 5.90. The highest BCUT2D eigenvalue weighted by Crippen LogP contribution is 2.23. The van der Waals surface area contributed by atoms with Crippen molar-refractivity contribution < 1.29 is 19.6 Å². The van der Waals surface area contributed by atoms with E-state index in [0.29, 0.717) is 11.1 Å². The van der Waals surface area contributed by atoms with Gasteiger partial charge in [0.05, 0.1) is 16.1 Å². The number of nitro groups is 1. The number of carbonyl (C=O) groups is 1. The summed E-state index contributed by atoms with van der Waals surface area (Å²) in [5.41, 5.74) is 2.41. The van der Waals surface area contributed by atoms with Gasteiger partial charge in [0.25, 0.3) is 5.69 Å². The Morgan fingerprint density at radius 2 is 1.50 bits per heavy atom. The van der Waals surface area contributed by atoms with Crippen molar-refractivity contribution in [1.29, 1.82) is 0 Å². The van der Waals surface area contributed by atoms with Gasteiger partial charge in [-0.25, -0.2) is 4.79 Å². The van der Waals surface area contributed by atoms with Crippen LogP contribution in [0.4, 0.5) is 5.69 Å². The number of phenols is 1. The molecule has 0 fully saturated rings. The molecular weight excluding hydrogens is 334 g/mol. The molecule has 1 N–H and O–H groups in total. The molecule has 0 atom stereocenters. The fourth-order valence-electron chi connectivity index (χ4n) is 2.49. The molecule has 3 rings (SSSR count). The average Bonchev–Trinajstić information content (AvgIpc) is 2.67. The number of benzene rings is 3. The molecule has 0 unspecified atom stereocenters. The fourth-order valence-corrected chi connectivity index (χ4v) is 2.49. The largest absolute Gasteiger partial charge is 0.508 e. The van der Waals surface area contributed by atoms with E-state index in [1.807, 2.05) is 0 Å². The van der Waals surface area contributed by atoms with Crippen molar-refractivity contribution in [3.8, 4) is 16.9 Å². The summed E-state index contributed by atoms with van der Waals surface area (Å²) in [6.45, 7) is -0.171. The van der Waals surface area contributed by atoms with Gasteiger partial charge < -0.3 is 9.84 Å². The molecule has 3 aromatic rings. The molecule has 0 saturated carbocycles. The maximum Gasteiger partial charge on any atom is 0.338 e. The molecule has 0 aromatic heterocycles. The number of aromatic hydroxyl groups is 1. The third-order valence-electron chi connectivity index (χ3n) is 3.87. The number of phenolic OH excluding ortho intramolecular Hbond substituents is 1. The maximum atomic E-state index is 12.2. The summed E-state index contributed by atoms with van der Waals surface area (Å²) >= 11 is 0. The minimum absolute atomic E-state index is 0.0806. The molecule has 6 heteroatoms. The minimum atomic E-state index is -0.555. The summed E-state index contributed by atoms with van der Waals surface area (Å²) in [5.74, 6) is -0.371. The minimum Gasteiger partial charge on any atom is -0.508 e. The number of rotatable bonds is 5. The standard InChI is InChI=1S/C20H15NO5/c22-18-11-9-15(10-12-18)14-5-7-16(8-6-14)20(23)26-13-17-3-1-2-4-19(17)21(24)25/h1-12,22H,13H2. The van der Waals surface area contributed by atoms with Gasteiger partial charge in [0.2, 0.25) is 0 Å². The molecule has 0 aliphatic heterocycles. The Balaban J connectivity index is 1.69. The van der Waals surface area contributed by atoms with E-state index in [9.17, 15) is 20.0 Å². The molecule has 26 heavy (non-hydrogen) atoms. The van der Waals surface area contributed by atoms with Crippen LogP contribution in [0.1, 0.15) is 15.9 Å². The first kappa shape index (κ1) is 17.2. The summed E-state index contributed by atoms with van der Waals surface area (Å²) in [4.78, 5) is 22.6. The predicted molar refractivity (Wildman–Crippen MR) is 95.8 cm³/mol. The molecule has 6 nitrogen and oxygen atoms in total. The van der Waals surface area contributed by atoms with E-state index in [1.54, 1.807) is 66.7 Å². The Bertz CT molecular complexity index is 933. The summed E-state index contributed by atoms with van der Waals surface area (Å²) in [6.07, 6.45) is 0. The number of nitrogens with zero attached hydrogens (tertiary/aromatic N) is 1. The second-order valence-electron chi connectivity index (χ2n) is 5.59. The lowest BCUT2D eigenvalue weighted by Crippen LogP contribution is -2.06. The lowest BCUT2D eigenvalue weighted by molar-refractivity contribution is -0.385. The fraction of sp³-hybridized carbons (Fsp3) is 0.0500. The Morgan fingerprint density at radius 1 is 0.923 bits per heavy atom. The van der Waals surface area contributed by atoms with E-state index < -0.39 is 10.9 Å². The van der Waals surface area contributed by atoms with Crippen molar-refractivity contribution in [2.45, 2.75) is 6.61 Å². The number of hydrogen-bond acceptors (Lipinski definition) is 5. The Morgan fingerprint density at radius 3 is 2.12 bits per heavy atom. The van der Waals surface area contributed by atoms with Gasteiger partial charge in [-0.2, -0.15) is 0 Å². The number of esters is 1. The lowest BCUT2D eigenvalue weighted by Gasteiger charge is -2.07. The van der Waals surface area contributed by atoms with Gasteiger partial charge in [0.1, 0.15) is 12.4 Å². The topological polar surface area (TPSA) is 89.7 Å². The zero-order valence-corrected chi connectivity index (χ0v) is 13.7. The van der Waals surface area contributed by atoms with Gasteiger partial charge in [0.15, 0.2) is 0 Å². The van der Waals surface area contributed by atoms with Gasteiger partial charge in [-0.3, -0.25) is 10.1 Å². The first-order valence-electron chi connectivity index (χ1n) is 7.83. The van der Waals surface area contributed by atoms with Gasteiger partial charge in [-0.1, -0.05) is 36.4 Å². The molecule has 0 amide bonds. The second kappa shape index (κ2) is 7.48. The van der Waals surface area contributed by atoms with Crippen LogP contribution in [0.5, 0.6) is 5.75 Å². The summed E-state index contributed by atoms with van der Waals surface area (Å²) in [7, 11) is 0. The van der Waals surface area contributed by atoms with Crippen LogP contribution in [0.25, 0.3) is 11.1 Å². The van der Waals surface area contributed by atoms with Crippen LogP contribution in [0.2, 0.25) is 0 Å². The quantitative estimate of drug-likeness (QED) is 0.421. The van der Waals surface area contributed by atoms with E-state index in [4.69, 9.17) is 4.74 Å². The van der Waals surface area contributed by atoms with E-state index in [2.05, 4.69) is 0 Å². The van der Waals surface area contributed by atoms with Gasteiger partial charge >= 0.3 is 5.97 Å². The zero-order chi connectivity index (χ0) is 18.5. The van der Waals surface area contributed by atoms with E-state index in [1.165, 1.54) is 6.07 Å². The molecule has 0 spiro atoms. The number of nitro benzene ring substituents is 1. The first-order valence-corrected chi connectivity index (χ1v) is 7.83. The molecule has 0 aliphatic rings. The second-order valence-corrected chi connectivity index (χ2v) is 5.59. The summed E-state index contributed by atoms with van der Waals surface area (Å²) in [5, 5.41) is 20.3. The van der Waals surface area contributed by atoms with Gasteiger partial charge in [0, 0.05) is 6.07 Å². The highest BCUT2D eigenvalue weighted by Gasteiger charge is 2.15. The van der Waals surface area contributed by atoms with E-state index in [0.717, 1.165) is 11.1 Å². The number of para-hydroxylation sites is 1. The van der Waals surface area contributed by atoms with Crippen LogP contribution >= 0.6 is 0 Å². The van der Waals surface area contributed by atoms with Gasteiger partial charge in [-0.05, 0) is 41.5 Å².